The molecule has 0 bridgehead atoms. The predicted molar refractivity (Wildman–Crippen MR) is 75.2 cm³/mol. The van der Waals surface area contributed by atoms with Crippen molar-refractivity contribution >= 4 is 28.6 Å². The number of fused-ring (bicyclic) bond motifs is 1. The summed E-state index contributed by atoms with van der Waals surface area (Å²) < 4.78 is 0. The largest absolute Gasteiger partial charge is 0.381 e. The minimum Gasteiger partial charge on any atom is -0.381 e. The van der Waals surface area contributed by atoms with Crippen molar-refractivity contribution < 1.29 is 0 Å². The van der Waals surface area contributed by atoms with E-state index in [9.17, 15) is 0 Å². The van der Waals surface area contributed by atoms with Gasteiger partial charge in [-0.15, -0.1) is 11.3 Å². The van der Waals surface area contributed by atoms with Crippen LogP contribution in [0.1, 0.15) is 16.9 Å². The maximum absolute atomic E-state index is 5.89. The summed E-state index contributed by atoms with van der Waals surface area (Å²) in [6.07, 6.45) is 3.50. The predicted octanol–water partition coefficient (Wildman–Crippen LogP) is 4.37. The van der Waals surface area contributed by atoms with E-state index in [0.717, 1.165) is 11.4 Å². The molecule has 0 aliphatic carbocycles. The first-order valence-corrected chi connectivity index (χ1v) is 7.14. The molecule has 0 fully saturated rings. The van der Waals surface area contributed by atoms with Crippen LogP contribution >= 0.6 is 22.9 Å². The molecule has 1 atom stereocenters. The Hall–Kier alpha value is -0.990. The maximum atomic E-state index is 5.89. The molecule has 0 amide bonds. The summed E-state index contributed by atoms with van der Waals surface area (Å²) in [5, 5.41) is 6.60. The van der Waals surface area contributed by atoms with E-state index in [1.807, 2.05) is 23.5 Å². The highest BCUT2D eigenvalue weighted by Crippen LogP contribution is 2.30. The second-order valence-electron chi connectivity index (χ2n) is 4.47. The molecule has 1 aromatic heterocycles. The van der Waals surface area contributed by atoms with E-state index in [-0.39, 0.29) is 0 Å². The van der Waals surface area contributed by atoms with Crippen LogP contribution < -0.4 is 5.32 Å². The molecule has 1 unspecified atom stereocenters. The van der Waals surface area contributed by atoms with E-state index in [1.54, 1.807) is 0 Å². The number of thiophene rings is 1. The summed E-state index contributed by atoms with van der Waals surface area (Å²) in [5.74, 6) is 0. The highest BCUT2D eigenvalue weighted by molar-refractivity contribution is 7.10. The summed E-state index contributed by atoms with van der Waals surface area (Å²) in [4.78, 5) is 1.50. The van der Waals surface area contributed by atoms with Gasteiger partial charge in [0.05, 0.1) is 0 Å². The molecule has 2 heterocycles. The lowest BCUT2D eigenvalue weighted by Crippen LogP contribution is -2.26. The van der Waals surface area contributed by atoms with Crippen molar-refractivity contribution in [1.82, 2.24) is 0 Å². The fraction of sp³-hybridized carbons (Fsp3) is 0.286. The van der Waals surface area contributed by atoms with E-state index < -0.39 is 0 Å². The van der Waals surface area contributed by atoms with Gasteiger partial charge in [0.25, 0.3) is 0 Å². The molecule has 0 saturated heterocycles. The van der Waals surface area contributed by atoms with Crippen LogP contribution in [0.3, 0.4) is 0 Å². The van der Waals surface area contributed by atoms with E-state index in [4.69, 9.17) is 11.6 Å². The lowest BCUT2D eigenvalue weighted by atomic mass is 9.98. The van der Waals surface area contributed by atoms with Gasteiger partial charge in [0.1, 0.15) is 0 Å². The van der Waals surface area contributed by atoms with Crippen molar-refractivity contribution in [3.63, 3.8) is 0 Å². The van der Waals surface area contributed by atoms with Gasteiger partial charge in [-0.25, -0.2) is 0 Å². The number of rotatable bonds is 2. The highest BCUT2D eigenvalue weighted by atomic mass is 35.5. The number of hydrogen-bond acceptors (Lipinski definition) is 2. The smallest absolute Gasteiger partial charge is 0.0483 e. The molecule has 0 saturated carbocycles. The Morgan fingerprint density at radius 1 is 1.24 bits per heavy atom. The van der Waals surface area contributed by atoms with Crippen LogP contribution in [0, 0.1) is 0 Å². The average molecular weight is 264 g/mol. The van der Waals surface area contributed by atoms with Gasteiger partial charge < -0.3 is 5.32 Å². The van der Waals surface area contributed by atoms with Crippen molar-refractivity contribution in [2.24, 2.45) is 0 Å². The van der Waals surface area contributed by atoms with Crippen LogP contribution in [-0.4, -0.2) is 6.04 Å². The van der Waals surface area contributed by atoms with Crippen LogP contribution in [0.5, 0.6) is 0 Å². The zero-order valence-electron chi connectivity index (χ0n) is 9.45. The van der Waals surface area contributed by atoms with E-state index >= 15 is 0 Å². The van der Waals surface area contributed by atoms with Crippen molar-refractivity contribution in [1.29, 1.82) is 0 Å². The Morgan fingerprint density at radius 2 is 2.06 bits per heavy atom. The minimum absolute atomic E-state index is 0.554. The fourth-order valence-electron chi connectivity index (χ4n) is 2.32. The Balaban J connectivity index is 1.69. The SMILES string of the molecule is Clc1ccc(CC2CCc3sccc3N2)cc1. The third-order valence-corrected chi connectivity index (χ3v) is 4.45. The van der Waals surface area contributed by atoms with Gasteiger partial charge in [0.2, 0.25) is 0 Å². The van der Waals surface area contributed by atoms with Crippen LogP contribution in [0.15, 0.2) is 35.7 Å². The second kappa shape index (κ2) is 4.71. The molecule has 3 heteroatoms. The quantitative estimate of drug-likeness (QED) is 0.848. The maximum Gasteiger partial charge on any atom is 0.0483 e. The monoisotopic (exact) mass is 263 g/mol. The van der Waals surface area contributed by atoms with Crippen molar-refractivity contribution in [3.8, 4) is 0 Å². The summed E-state index contributed by atoms with van der Waals surface area (Å²) in [6.45, 7) is 0. The summed E-state index contributed by atoms with van der Waals surface area (Å²) in [7, 11) is 0. The standard InChI is InChI=1S/C14H14ClNS/c15-11-3-1-10(2-4-11)9-12-5-6-14-13(16-12)7-8-17-14/h1-4,7-8,12,16H,5-6,9H2. The van der Waals surface area contributed by atoms with Crippen molar-refractivity contribution in [2.45, 2.75) is 25.3 Å². The van der Waals surface area contributed by atoms with Gasteiger partial charge in [-0.2, -0.15) is 0 Å². The van der Waals surface area contributed by atoms with Crippen LogP contribution in [0.4, 0.5) is 5.69 Å². The Morgan fingerprint density at radius 3 is 2.88 bits per heavy atom. The van der Waals surface area contributed by atoms with Crippen LogP contribution in [0.25, 0.3) is 0 Å². The molecule has 0 spiro atoms. The molecule has 17 heavy (non-hydrogen) atoms. The number of halogens is 1. The van der Waals surface area contributed by atoms with Gasteiger partial charge in [-0.1, -0.05) is 23.7 Å². The van der Waals surface area contributed by atoms with Crippen molar-refractivity contribution in [3.05, 3.63) is 51.2 Å². The normalized spacial score (nSPS) is 18.5. The summed E-state index contributed by atoms with van der Waals surface area (Å²) >= 11 is 7.75. The lowest BCUT2D eigenvalue weighted by molar-refractivity contribution is 0.634. The number of aryl methyl sites for hydroxylation is 1. The first-order chi connectivity index (χ1) is 8.31. The number of nitrogens with one attached hydrogen (secondary N) is 1. The molecular weight excluding hydrogens is 250 g/mol. The average Bonchev–Trinajstić information content (AvgIpc) is 2.79. The number of benzene rings is 1. The number of hydrogen-bond donors (Lipinski definition) is 1. The third kappa shape index (κ3) is 2.48. The lowest BCUT2D eigenvalue weighted by Gasteiger charge is -2.24. The minimum atomic E-state index is 0.554. The highest BCUT2D eigenvalue weighted by Gasteiger charge is 2.18. The van der Waals surface area contributed by atoms with Gasteiger partial charge >= 0.3 is 0 Å². The Kier molecular flexibility index (Phi) is 3.08. The Bertz CT molecular complexity index is 503. The molecule has 1 aromatic carbocycles. The van der Waals surface area contributed by atoms with Gasteiger partial charge in [-0.3, -0.25) is 0 Å². The zero-order valence-corrected chi connectivity index (χ0v) is 11.0. The first kappa shape index (κ1) is 11.1. The zero-order chi connectivity index (χ0) is 11.7. The molecule has 1 nitrogen and oxygen atoms in total. The molecule has 1 aliphatic heterocycles. The molecule has 3 rings (SSSR count). The summed E-state index contributed by atoms with van der Waals surface area (Å²) in [6, 6.07) is 10.9. The molecular formula is C14H14ClNS. The first-order valence-electron chi connectivity index (χ1n) is 5.88. The Labute approximate surface area is 110 Å². The van der Waals surface area contributed by atoms with Crippen LogP contribution in [-0.2, 0) is 12.8 Å². The van der Waals surface area contributed by atoms with Gasteiger partial charge in [-0.05, 0) is 48.4 Å². The fourth-order valence-corrected chi connectivity index (χ4v) is 3.30. The second-order valence-corrected chi connectivity index (χ2v) is 5.91. The topological polar surface area (TPSA) is 12.0 Å². The third-order valence-electron chi connectivity index (χ3n) is 3.22. The van der Waals surface area contributed by atoms with Crippen LogP contribution in [0.2, 0.25) is 5.02 Å². The molecule has 1 N–H and O–H groups in total. The number of anilines is 1. The molecule has 88 valence electrons. The van der Waals surface area contributed by atoms with Crippen molar-refractivity contribution in [2.75, 3.05) is 5.32 Å². The van der Waals surface area contributed by atoms with Gasteiger partial charge in [0, 0.05) is 21.6 Å². The van der Waals surface area contributed by atoms with E-state index in [2.05, 4.69) is 28.9 Å². The molecule has 0 radical (unpaired) electrons. The molecule has 1 aliphatic rings. The molecule has 2 aromatic rings. The van der Waals surface area contributed by atoms with Gasteiger partial charge in [0.15, 0.2) is 0 Å². The summed E-state index contributed by atoms with van der Waals surface area (Å²) in [5.41, 5.74) is 2.69. The van der Waals surface area contributed by atoms with E-state index in [0.29, 0.717) is 6.04 Å². The van der Waals surface area contributed by atoms with E-state index in [1.165, 1.54) is 29.0 Å².